The van der Waals surface area contributed by atoms with Gasteiger partial charge in [-0.15, -0.1) is 0 Å². The van der Waals surface area contributed by atoms with E-state index >= 15 is 0 Å². The van der Waals surface area contributed by atoms with E-state index in [1.165, 1.54) is 5.56 Å². The molecule has 94 valence electrons. The lowest BCUT2D eigenvalue weighted by atomic mass is 9.99. The molecule has 0 bridgehead atoms. The maximum Gasteiger partial charge on any atom is 0.227 e. The van der Waals surface area contributed by atoms with Crippen molar-refractivity contribution in [2.45, 2.75) is 13.3 Å². The highest BCUT2D eigenvalue weighted by molar-refractivity contribution is 5.77. The Bertz CT molecular complexity index is 707. The SMILES string of the molecule is C=Cc1cccc(-c2nc3ccccc3o2)c1CC. The molecular weight excluding hydrogens is 234 g/mol. The van der Waals surface area contributed by atoms with Gasteiger partial charge in [-0.2, -0.15) is 0 Å². The van der Waals surface area contributed by atoms with E-state index in [0.29, 0.717) is 5.89 Å². The molecule has 1 heterocycles. The van der Waals surface area contributed by atoms with E-state index in [4.69, 9.17) is 4.42 Å². The molecule has 0 spiro atoms. The number of oxazole rings is 1. The highest BCUT2D eigenvalue weighted by Gasteiger charge is 2.12. The molecule has 2 heteroatoms. The number of hydrogen-bond donors (Lipinski definition) is 0. The van der Waals surface area contributed by atoms with Gasteiger partial charge < -0.3 is 4.42 Å². The number of rotatable bonds is 3. The van der Waals surface area contributed by atoms with Crippen molar-refractivity contribution >= 4 is 17.2 Å². The van der Waals surface area contributed by atoms with Crippen LogP contribution in [0.4, 0.5) is 0 Å². The minimum atomic E-state index is 0.682. The zero-order chi connectivity index (χ0) is 13.2. The molecule has 0 aliphatic rings. The average Bonchev–Trinajstić information content (AvgIpc) is 2.89. The molecule has 2 aromatic carbocycles. The number of hydrogen-bond acceptors (Lipinski definition) is 2. The summed E-state index contributed by atoms with van der Waals surface area (Å²) in [6.45, 7) is 6.00. The molecule has 1 aromatic heterocycles. The molecule has 0 saturated carbocycles. The molecule has 0 unspecified atom stereocenters. The van der Waals surface area contributed by atoms with Gasteiger partial charge in [-0.3, -0.25) is 0 Å². The van der Waals surface area contributed by atoms with Gasteiger partial charge in [-0.05, 0) is 35.7 Å². The Morgan fingerprint density at radius 3 is 2.74 bits per heavy atom. The second-order valence-corrected chi connectivity index (χ2v) is 4.42. The van der Waals surface area contributed by atoms with E-state index in [-0.39, 0.29) is 0 Å². The van der Waals surface area contributed by atoms with Crippen molar-refractivity contribution in [3.63, 3.8) is 0 Å². The summed E-state index contributed by atoms with van der Waals surface area (Å²) in [4.78, 5) is 4.57. The van der Waals surface area contributed by atoms with Gasteiger partial charge in [0.15, 0.2) is 5.58 Å². The third kappa shape index (κ3) is 1.95. The number of fused-ring (bicyclic) bond motifs is 1. The molecule has 19 heavy (non-hydrogen) atoms. The van der Waals surface area contributed by atoms with Crippen LogP contribution in [0.5, 0.6) is 0 Å². The monoisotopic (exact) mass is 249 g/mol. The fourth-order valence-corrected chi connectivity index (χ4v) is 2.38. The lowest BCUT2D eigenvalue weighted by molar-refractivity contribution is 0.619. The normalized spacial score (nSPS) is 10.8. The van der Waals surface area contributed by atoms with Crippen molar-refractivity contribution in [1.82, 2.24) is 4.98 Å². The van der Waals surface area contributed by atoms with E-state index in [0.717, 1.165) is 28.6 Å². The maximum absolute atomic E-state index is 5.85. The summed E-state index contributed by atoms with van der Waals surface area (Å²) in [5.41, 5.74) is 5.13. The van der Waals surface area contributed by atoms with Crippen LogP contribution in [0.15, 0.2) is 53.5 Å². The fourth-order valence-electron chi connectivity index (χ4n) is 2.38. The van der Waals surface area contributed by atoms with Crippen LogP contribution < -0.4 is 0 Å². The van der Waals surface area contributed by atoms with Crippen LogP contribution >= 0.6 is 0 Å². The van der Waals surface area contributed by atoms with Crippen molar-refractivity contribution in [3.8, 4) is 11.5 Å². The van der Waals surface area contributed by atoms with Gasteiger partial charge in [0.25, 0.3) is 0 Å². The van der Waals surface area contributed by atoms with Crippen molar-refractivity contribution in [1.29, 1.82) is 0 Å². The summed E-state index contributed by atoms with van der Waals surface area (Å²) < 4.78 is 5.85. The number of benzene rings is 2. The highest BCUT2D eigenvalue weighted by atomic mass is 16.3. The lowest BCUT2D eigenvalue weighted by Gasteiger charge is -2.07. The van der Waals surface area contributed by atoms with Gasteiger partial charge >= 0.3 is 0 Å². The van der Waals surface area contributed by atoms with Crippen LogP contribution in [-0.4, -0.2) is 4.98 Å². The van der Waals surface area contributed by atoms with E-state index < -0.39 is 0 Å². The first-order valence-corrected chi connectivity index (χ1v) is 6.43. The zero-order valence-corrected chi connectivity index (χ0v) is 10.9. The van der Waals surface area contributed by atoms with Crippen molar-refractivity contribution in [2.24, 2.45) is 0 Å². The largest absolute Gasteiger partial charge is 0.436 e. The van der Waals surface area contributed by atoms with Gasteiger partial charge in [0.1, 0.15) is 5.52 Å². The molecule has 3 aromatic rings. The van der Waals surface area contributed by atoms with Crippen LogP contribution in [-0.2, 0) is 6.42 Å². The summed E-state index contributed by atoms with van der Waals surface area (Å²) in [6, 6.07) is 14.0. The Kier molecular flexibility index (Phi) is 2.92. The smallest absolute Gasteiger partial charge is 0.227 e. The third-order valence-corrected chi connectivity index (χ3v) is 3.31. The molecule has 0 N–H and O–H groups in total. The molecule has 0 saturated heterocycles. The summed E-state index contributed by atoms with van der Waals surface area (Å²) in [5.74, 6) is 0.682. The van der Waals surface area contributed by atoms with Crippen molar-refractivity contribution in [3.05, 3.63) is 60.2 Å². The van der Waals surface area contributed by atoms with Gasteiger partial charge in [0, 0.05) is 5.56 Å². The van der Waals surface area contributed by atoms with Crippen LogP contribution in [0.2, 0.25) is 0 Å². The summed E-state index contributed by atoms with van der Waals surface area (Å²) in [7, 11) is 0. The summed E-state index contributed by atoms with van der Waals surface area (Å²) in [5, 5.41) is 0. The molecule has 0 aliphatic carbocycles. The van der Waals surface area contributed by atoms with Gasteiger partial charge in [0.2, 0.25) is 5.89 Å². The van der Waals surface area contributed by atoms with Gasteiger partial charge in [-0.25, -0.2) is 4.98 Å². The topological polar surface area (TPSA) is 26.0 Å². The molecule has 0 atom stereocenters. The predicted octanol–water partition coefficient (Wildman–Crippen LogP) is 4.70. The van der Waals surface area contributed by atoms with Gasteiger partial charge in [0.05, 0.1) is 0 Å². The Morgan fingerprint density at radius 1 is 1.16 bits per heavy atom. The Labute approximate surface area is 112 Å². The average molecular weight is 249 g/mol. The van der Waals surface area contributed by atoms with Crippen LogP contribution in [0.3, 0.4) is 0 Å². The fraction of sp³-hybridized carbons (Fsp3) is 0.118. The lowest BCUT2D eigenvalue weighted by Crippen LogP contribution is -1.91. The minimum Gasteiger partial charge on any atom is -0.436 e. The Morgan fingerprint density at radius 2 is 2.00 bits per heavy atom. The van der Waals surface area contributed by atoms with E-state index in [1.807, 2.05) is 36.4 Å². The summed E-state index contributed by atoms with van der Waals surface area (Å²) >= 11 is 0. The summed E-state index contributed by atoms with van der Waals surface area (Å²) in [6.07, 6.45) is 2.81. The van der Waals surface area contributed by atoms with E-state index in [9.17, 15) is 0 Å². The van der Waals surface area contributed by atoms with Crippen LogP contribution in [0.25, 0.3) is 28.6 Å². The first kappa shape index (κ1) is 11.7. The highest BCUT2D eigenvalue weighted by Crippen LogP contribution is 2.29. The molecule has 0 amide bonds. The van der Waals surface area contributed by atoms with E-state index in [2.05, 4.69) is 30.6 Å². The van der Waals surface area contributed by atoms with Crippen LogP contribution in [0.1, 0.15) is 18.1 Å². The van der Waals surface area contributed by atoms with Crippen molar-refractivity contribution in [2.75, 3.05) is 0 Å². The van der Waals surface area contributed by atoms with E-state index in [1.54, 1.807) is 0 Å². The first-order chi connectivity index (χ1) is 9.33. The molecule has 0 radical (unpaired) electrons. The molecule has 3 rings (SSSR count). The molecular formula is C17H15NO. The molecule has 2 nitrogen and oxygen atoms in total. The Balaban J connectivity index is 2.23. The minimum absolute atomic E-state index is 0.682. The second-order valence-electron chi connectivity index (χ2n) is 4.42. The van der Waals surface area contributed by atoms with Gasteiger partial charge in [-0.1, -0.05) is 43.8 Å². The third-order valence-electron chi connectivity index (χ3n) is 3.31. The molecule has 0 fully saturated rings. The predicted molar refractivity (Wildman–Crippen MR) is 78.9 cm³/mol. The molecule has 0 aliphatic heterocycles. The zero-order valence-electron chi connectivity index (χ0n) is 10.9. The standard InChI is InChI=1S/C17H15NO/c1-3-12-8-7-9-14(13(12)4-2)17-18-15-10-5-6-11-16(15)19-17/h3,5-11H,1,4H2,2H3. The second kappa shape index (κ2) is 4.73. The number of nitrogens with zero attached hydrogens (tertiary/aromatic N) is 1. The maximum atomic E-state index is 5.85. The first-order valence-electron chi connectivity index (χ1n) is 6.43. The number of aromatic nitrogens is 1. The van der Waals surface area contributed by atoms with Crippen LogP contribution in [0, 0.1) is 0 Å². The number of para-hydroxylation sites is 2. The Hall–Kier alpha value is -2.35. The van der Waals surface area contributed by atoms with Crippen molar-refractivity contribution < 1.29 is 4.42 Å². The quantitative estimate of drug-likeness (QED) is 0.672.